The fourth-order valence-corrected chi connectivity index (χ4v) is 3.51. The van der Waals surface area contributed by atoms with E-state index in [0.717, 1.165) is 25.1 Å². The van der Waals surface area contributed by atoms with Gasteiger partial charge in [0.2, 0.25) is 5.91 Å². The van der Waals surface area contributed by atoms with Crippen molar-refractivity contribution in [2.75, 3.05) is 19.7 Å². The average Bonchev–Trinajstić information content (AvgIpc) is 3.13. The predicted molar refractivity (Wildman–Crippen MR) is 102 cm³/mol. The first-order valence-electron chi connectivity index (χ1n) is 9.40. The molecule has 1 aromatic heterocycles. The van der Waals surface area contributed by atoms with E-state index in [1.807, 2.05) is 36.1 Å². The number of benzene rings is 1. The van der Waals surface area contributed by atoms with E-state index >= 15 is 0 Å². The number of ether oxygens (including phenoxy) is 1. The molecule has 1 fully saturated rings. The second-order valence-corrected chi connectivity index (χ2v) is 6.81. The number of likely N-dealkylation sites (tertiary alicyclic amines) is 1. The zero-order chi connectivity index (χ0) is 19.2. The van der Waals surface area contributed by atoms with Crippen molar-refractivity contribution in [3.8, 4) is 5.75 Å². The first-order valence-corrected chi connectivity index (χ1v) is 9.40. The minimum Gasteiger partial charge on any atom is -0.493 e. The highest BCUT2D eigenvalue weighted by molar-refractivity contribution is 5.97. The van der Waals surface area contributed by atoms with Crippen molar-refractivity contribution in [3.63, 3.8) is 0 Å². The molecule has 2 N–H and O–H groups in total. The number of piperidine rings is 1. The van der Waals surface area contributed by atoms with Gasteiger partial charge in [-0.1, -0.05) is 19.1 Å². The van der Waals surface area contributed by atoms with Crippen LogP contribution in [0.2, 0.25) is 0 Å². The van der Waals surface area contributed by atoms with Gasteiger partial charge in [-0.05, 0) is 31.4 Å². The molecule has 27 heavy (non-hydrogen) atoms. The number of hydrogen-bond donors (Lipinski definition) is 1. The van der Waals surface area contributed by atoms with Gasteiger partial charge in [-0.25, -0.2) is 4.98 Å². The van der Waals surface area contributed by atoms with Gasteiger partial charge in [-0.3, -0.25) is 9.59 Å². The van der Waals surface area contributed by atoms with Gasteiger partial charge in [0.15, 0.2) is 0 Å². The molecule has 0 bridgehead atoms. The van der Waals surface area contributed by atoms with E-state index in [9.17, 15) is 9.59 Å². The van der Waals surface area contributed by atoms with Gasteiger partial charge in [0, 0.05) is 31.4 Å². The third-order valence-corrected chi connectivity index (χ3v) is 4.73. The number of amides is 2. The molecule has 0 saturated carbocycles. The quantitative estimate of drug-likeness (QED) is 0.809. The second kappa shape index (κ2) is 8.70. The number of primary amides is 1. The monoisotopic (exact) mass is 370 g/mol. The van der Waals surface area contributed by atoms with Gasteiger partial charge in [0.05, 0.1) is 12.2 Å². The van der Waals surface area contributed by atoms with Crippen LogP contribution < -0.4 is 10.5 Å². The van der Waals surface area contributed by atoms with Crippen LogP contribution in [0.3, 0.4) is 0 Å². The first-order chi connectivity index (χ1) is 13.1. The molecule has 0 radical (unpaired) electrons. The summed E-state index contributed by atoms with van der Waals surface area (Å²) in [5, 5.41) is 0. The Hall–Kier alpha value is -2.83. The molecule has 1 aliphatic heterocycles. The predicted octanol–water partition coefficient (Wildman–Crippen LogP) is 2.18. The molecule has 1 atom stereocenters. The van der Waals surface area contributed by atoms with Crippen molar-refractivity contribution in [2.24, 2.45) is 5.73 Å². The van der Waals surface area contributed by atoms with Crippen molar-refractivity contribution < 1.29 is 14.3 Å². The number of aromatic nitrogens is 2. The van der Waals surface area contributed by atoms with Gasteiger partial charge in [0.25, 0.3) is 5.91 Å². The summed E-state index contributed by atoms with van der Waals surface area (Å²) in [4.78, 5) is 30.6. The fraction of sp³-hybridized carbons (Fsp3) is 0.450. The van der Waals surface area contributed by atoms with E-state index in [4.69, 9.17) is 10.5 Å². The summed E-state index contributed by atoms with van der Waals surface area (Å²) in [7, 11) is 0. The summed E-state index contributed by atoms with van der Waals surface area (Å²) in [5.74, 6) is 1.09. The Morgan fingerprint density at radius 2 is 2.15 bits per heavy atom. The first kappa shape index (κ1) is 18.9. The molecular formula is C20H26N4O3. The minimum absolute atomic E-state index is 0.0283. The van der Waals surface area contributed by atoms with E-state index in [1.165, 1.54) is 0 Å². The lowest BCUT2D eigenvalue weighted by Gasteiger charge is -2.33. The standard InChI is InChI=1S/C20H26N4O3/c1-2-12-27-17-8-4-3-7-16(17)20(26)24-10-5-6-15(13-24)19-22-9-11-23(19)14-18(21)25/h3-4,7-9,11,15H,2,5-6,10,12-14H2,1H3,(H2,21,25)/t15-/m1/s1. The van der Waals surface area contributed by atoms with Crippen LogP contribution in [0, 0.1) is 0 Å². The number of nitrogens with zero attached hydrogens (tertiary/aromatic N) is 3. The SMILES string of the molecule is CCCOc1ccccc1C(=O)N1CCC[C@@H](c2nccn2CC(N)=O)C1. The van der Waals surface area contributed by atoms with Crippen LogP contribution in [-0.4, -0.2) is 46.0 Å². The second-order valence-electron chi connectivity index (χ2n) is 6.81. The highest BCUT2D eigenvalue weighted by atomic mass is 16.5. The maximum absolute atomic E-state index is 13.1. The highest BCUT2D eigenvalue weighted by Crippen LogP contribution is 2.28. The van der Waals surface area contributed by atoms with Crippen molar-refractivity contribution in [3.05, 3.63) is 48.0 Å². The molecule has 2 heterocycles. The molecule has 0 aliphatic carbocycles. The van der Waals surface area contributed by atoms with E-state index in [1.54, 1.807) is 17.0 Å². The number of para-hydroxylation sites is 1. The average molecular weight is 370 g/mol. The largest absolute Gasteiger partial charge is 0.493 e. The van der Waals surface area contributed by atoms with E-state index in [0.29, 0.717) is 31.0 Å². The maximum Gasteiger partial charge on any atom is 0.257 e. The van der Waals surface area contributed by atoms with E-state index < -0.39 is 5.91 Å². The number of carbonyl (C=O) groups is 2. The summed E-state index contributed by atoms with van der Waals surface area (Å²) < 4.78 is 7.52. The minimum atomic E-state index is -0.403. The molecule has 2 amide bonds. The Morgan fingerprint density at radius 1 is 1.33 bits per heavy atom. The van der Waals surface area contributed by atoms with Crippen molar-refractivity contribution in [2.45, 2.75) is 38.6 Å². The molecule has 1 saturated heterocycles. The third-order valence-electron chi connectivity index (χ3n) is 4.73. The molecule has 1 aliphatic rings. The van der Waals surface area contributed by atoms with Crippen LogP contribution in [0.5, 0.6) is 5.75 Å². The summed E-state index contributed by atoms with van der Waals surface area (Å²) in [6.07, 6.45) is 6.13. The van der Waals surface area contributed by atoms with Crippen molar-refractivity contribution in [1.29, 1.82) is 0 Å². The molecule has 1 aromatic carbocycles. The van der Waals surface area contributed by atoms with Gasteiger partial charge in [-0.15, -0.1) is 0 Å². The Balaban J connectivity index is 1.76. The Bertz CT molecular complexity index is 802. The van der Waals surface area contributed by atoms with Crippen LogP contribution >= 0.6 is 0 Å². The van der Waals surface area contributed by atoms with Crippen LogP contribution in [0.15, 0.2) is 36.7 Å². The third kappa shape index (κ3) is 4.48. The fourth-order valence-electron chi connectivity index (χ4n) is 3.51. The number of carbonyl (C=O) groups excluding carboxylic acids is 2. The zero-order valence-corrected chi connectivity index (χ0v) is 15.6. The van der Waals surface area contributed by atoms with Crippen LogP contribution in [0.25, 0.3) is 0 Å². The van der Waals surface area contributed by atoms with Crippen molar-refractivity contribution in [1.82, 2.24) is 14.5 Å². The summed E-state index contributed by atoms with van der Waals surface area (Å²) in [5.41, 5.74) is 5.91. The molecule has 2 aromatic rings. The topological polar surface area (TPSA) is 90.4 Å². The summed E-state index contributed by atoms with van der Waals surface area (Å²) in [6.45, 7) is 3.99. The Morgan fingerprint density at radius 3 is 2.93 bits per heavy atom. The summed E-state index contributed by atoms with van der Waals surface area (Å²) in [6, 6.07) is 7.38. The normalized spacial score (nSPS) is 16.9. The lowest BCUT2D eigenvalue weighted by molar-refractivity contribution is -0.118. The zero-order valence-electron chi connectivity index (χ0n) is 15.6. The number of nitrogens with two attached hydrogens (primary N) is 1. The maximum atomic E-state index is 13.1. The lowest BCUT2D eigenvalue weighted by atomic mass is 9.96. The van der Waals surface area contributed by atoms with Crippen LogP contribution in [-0.2, 0) is 11.3 Å². The number of imidazole rings is 1. The van der Waals surface area contributed by atoms with Gasteiger partial charge < -0.3 is 19.9 Å². The van der Waals surface area contributed by atoms with E-state index in [2.05, 4.69) is 4.98 Å². The molecule has 7 nitrogen and oxygen atoms in total. The number of hydrogen-bond acceptors (Lipinski definition) is 4. The summed E-state index contributed by atoms with van der Waals surface area (Å²) >= 11 is 0. The Labute approximate surface area is 159 Å². The number of rotatable bonds is 7. The molecule has 0 unspecified atom stereocenters. The van der Waals surface area contributed by atoms with Gasteiger partial charge in [-0.2, -0.15) is 0 Å². The molecular weight excluding hydrogens is 344 g/mol. The molecule has 7 heteroatoms. The molecule has 0 spiro atoms. The van der Waals surface area contributed by atoms with Crippen molar-refractivity contribution >= 4 is 11.8 Å². The smallest absolute Gasteiger partial charge is 0.257 e. The lowest BCUT2D eigenvalue weighted by Crippen LogP contribution is -2.40. The molecule has 144 valence electrons. The van der Waals surface area contributed by atoms with Gasteiger partial charge >= 0.3 is 0 Å². The van der Waals surface area contributed by atoms with Crippen LogP contribution in [0.1, 0.15) is 48.3 Å². The van der Waals surface area contributed by atoms with Gasteiger partial charge in [0.1, 0.15) is 18.1 Å². The molecule has 3 rings (SSSR count). The van der Waals surface area contributed by atoms with E-state index in [-0.39, 0.29) is 18.4 Å². The van der Waals surface area contributed by atoms with Crippen LogP contribution in [0.4, 0.5) is 0 Å². The Kier molecular flexibility index (Phi) is 6.11. The highest BCUT2D eigenvalue weighted by Gasteiger charge is 2.29.